The fraction of sp³-hybridized carbons (Fsp3) is 0.458. The van der Waals surface area contributed by atoms with Gasteiger partial charge in [-0.25, -0.2) is 8.42 Å². The zero-order chi connectivity index (χ0) is 22.6. The van der Waals surface area contributed by atoms with Crippen molar-refractivity contribution in [1.82, 2.24) is 4.31 Å². The lowest BCUT2D eigenvalue weighted by Crippen LogP contribution is -2.53. The molecule has 6 nitrogen and oxygen atoms in total. The van der Waals surface area contributed by atoms with Crippen LogP contribution in [-0.2, 0) is 21.2 Å². The van der Waals surface area contributed by atoms with E-state index in [9.17, 15) is 13.2 Å². The average molecular weight is 518 g/mol. The van der Waals surface area contributed by atoms with E-state index in [1.807, 2.05) is 12.1 Å². The summed E-state index contributed by atoms with van der Waals surface area (Å²) in [5, 5.41) is 0. The molecule has 0 aromatic heterocycles. The van der Waals surface area contributed by atoms with Gasteiger partial charge >= 0.3 is 0 Å². The second-order valence-electron chi connectivity index (χ2n) is 9.17. The second-order valence-corrected chi connectivity index (χ2v) is 11.9. The van der Waals surface area contributed by atoms with E-state index >= 15 is 0 Å². The van der Waals surface area contributed by atoms with Crippen molar-refractivity contribution >= 4 is 43.2 Å². The van der Waals surface area contributed by atoms with Crippen molar-refractivity contribution in [2.75, 3.05) is 36.0 Å². The van der Waals surface area contributed by atoms with Crippen LogP contribution in [-0.4, -0.2) is 50.9 Å². The van der Waals surface area contributed by atoms with Crippen LogP contribution in [0.2, 0.25) is 0 Å². The molecule has 2 aromatic carbocycles. The molecule has 2 fully saturated rings. The lowest BCUT2D eigenvalue weighted by Gasteiger charge is -2.40. The molecule has 1 atom stereocenters. The molecule has 1 unspecified atom stereocenters. The number of fused-ring (bicyclic) bond motifs is 1. The molecule has 32 heavy (non-hydrogen) atoms. The van der Waals surface area contributed by atoms with Crippen molar-refractivity contribution in [3.63, 3.8) is 0 Å². The highest BCUT2D eigenvalue weighted by molar-refractivity contribution is 9.10. The number of rotatable bonds is 4. The van der Waals surface area contributed by atoms with Gasteiger partial charge in [0.2, 0.25) is 15.9 Å². The van der Waals surface area contributed by atoms with E-state index in [0.717, 1.165) is 36.2 Å². The molecule has 1 aliphatic carbocycles. The highest BCUT2D eigenvalue weighted by Crippen LogP contribution is 2.40. The van der Waals surface area contributed by atoms with Gasteiger partial charge in [-0.2, -0.15) is 4.31 Å². The molecule has 1 saturated heterocycles. The Morgan fingerprint density at radius 2 is 1.88 bits per heavy atom. The van der Waals surface area contributed by atoms with Crippen LogP contribution in [0.3, 0.4) is 0 Å². The number of nitrogens with zero attached hydrogens (tertiary/aromatic N) is 3. The molecule has 0 N–H and O–H groups in total. The summed E-state index contributed by atoms with van der Waals surface area (Å²) in [6.45, 7) is 6.25. The summed E-state index contributed by atoms with van der Waals surface area (Å²) in [5.74, 6) is 0.245. The van der Waals surface area contributed by atoms with E-state index in [4.69, 9.17) is 0 Å². The molecule has 5 rings (SSSR count). The van der Waals surface area contributed by atoms with Crippen LogP contribution in [0.4, 0.5) is 11.4 Å². The fourth-order valence-electron chi connectivity index (χ4n) is 4.84. The first-order chi connectivity index (χ1) is 15.3. The predicted molar refractivity (Wildman–Crippen MR) is 130 cm³/mol. The Hall–Kier alpha value is -1.90. The predicted octanol–water partition coefficient (Wildman–Crippen LogP) is 3.96. The molecule has 2 aliphatic heterocycles. The number of carbonyl (C=O) groups excluding carboxylic acids is 1. The summed E-state index contributed by atoms with van der Waals surface area (Å²) < 4.78 is 29.5. The van der Waals surface area contributed by atoms with Crippen molar-refractivity contribution in [2.24, 2.45) is 5.92 Å². The number of aryl methyl sites for hydroxylation is 1. The molecular weight excluding hydrogens is 490 g/mol. The van der Waals surface area contributed by atoms with Crippen molar-refractivity contribution in [3.05, 3.63) is 52.0 Å². The Balaban J connectivity index is 1.40. The summed E-state index contributed by atoms with van der Waals surface area (Å²) in [5.41, 5.74) is 4.11. The number of anilines is 2. The molecule has 1 amide bonds. The number of hydrogen-bond acceptors (Lipinski definition) is 4. The summed E-state index contributed by atoms with van der Waals surface area (Å²) in [6.07, 6.45) is 2.64. The summed E-state index contributed by atoms with van der Waals surface area (Å²) in [4.78, 5) is 17.0. The highest BCUT2D eigenvalue weighted by atomic mass is 79.9. The monoisotopic (exact) mass is 517 g/mol. The first kappa shape index (κ1) is 21.9. The molecule has 0 spiro atoms. The van der Waals surface area contributed by atoms with Gasteiger partial charge in [0.05, 0.1) is 4.90 Å². The van der Waals surface area contributed by atoms with Crippen LogP contribution in [0, 0.1) is 12.8 Å². The van der Waals surface area contributed by atoms with Crippen LogP contribution in [0.15, 0.2) is 45.8 Å². The van der Waals surface area contributed by atoms with Gasteiger partial charge in [-0.3, -0.25) is 4.79 Å². The average Bonchev–Trinajstić information content (AvgIpc) is 3.53. The number of hydrogen-bond donors (Lipinski definition) is 0. The van der Waals surface area contributed by atoms with E-state index in [-0.39, 0.29) is 22.8 Å². The Bertz CT molecular complexity index is 1180. The third-order valence-corrected chi connectivity index (χ3v) is 9.59. The summed E-state index contributed by atoms with van der Waals surface area (Å²) >= 11 is 3.50. The second kappa shape index (κ2) is 8.15. The summed E-state index contributed by atoms with van der Waals surface area (Å²) in [6, 6.07) is 12.0. The molecule has 2 aromatic rings. The molecule has 0 bridgehead atoms. The zero-order valence-corrected chi connectivity index (χ0v) is 20.8. The van der Waals surface area contributed by atoms with Crippen LogP contribution in [0.5, 0.6) is 0 Å². The third kappa shape index (κ3) is 3.86. The Kier molecular flexibility index (Phi) is 5.58. The van der Waals surface area contributed by atoms with E-state index in [2.05, 4.69) is 52.9 Å². The lowest BCUT2D eigenvalue weighted by atomic mass is 10.1. The van der Waals surface area contributed by atoms with Gasteiger partial charge in [0.1, 0.15) is 0 Å². The maximum Gasteiger partial charge on any atom is 0.244 e. The molecule has 170 valence electrons. The molecule has 3 aliphatic rings. The largest absolute Gasteiger partial charge is 0.366 e. The fourth-order valence-corrected chi connectivity index (χ4v) is 7.42. The Labute approximate surface area is 198 Å². The minimum atomic E-state index is -3.69. The van der Waals surface area contributed by atoms with Crippen LogP contribution >= 0.6 is 15.9 Å². The smallest absolute Gasteiger partial charge is 0.244 e. The molecule has 2 heterocycles. The van der Waals surface area contributed by atoms with Gasteiger partial charge in [0.25, 0.3) is 0 Å². The number of sulfonamides is 1. The minimum Gasteiger partial charge on any atom is -0.366 e. The van der Waals surface area contributed by atoms with Crippen LogP contribution in [0.1, 0.15) is 30.9 Å². The standard InChI is InChI=1S/C24H28BrN3O3S/c1-16-4-3-5-20(12-16)27-11-10-26(15-17(27)2)32(30,31)23-14-22-19(13-21(23)25)8-9-28(22)24(29)18-6-7-18/h3-5,12-14,17-18H,6-11,15H2,1-2H3. The van der Waals surface area contributed by atoms with Crippen molar-refractivity contribution in [2.45, 2.75) is 44.0 Å². The Morgan fingerprint density at radius 3 is 2.56 bits per heavy atom. The zero-order valence-electron chi connectivity index (χ0n) is 18.4. The van der Waals surface area contributed by atoms with E-state index in [0.29, 0.717) is 30.7 Å². The van der Waals surface area contributed by atoms with Gasteiger partial charge in [0.15, 0.2) is 0 Å². The van der Waals surface area contributed by atoms with E-state index < -0.39 is 10.0 Å². The third-order valence-electron chi connectivity index (χ3n) is 6.76. The number of carbonyl (C=O) groups is 1. The van der Waals surface area contributed by atoms with Crippen LogP contribution < -0.4 is 9.80 Å². The lowest BCUT2D eigenvalue weighted by molar-refractivity contribution is -0.119. The number of amides is 1. The normalized spacial score (nSPS) is 21.7. The van der Waals surface area contributed by atoms with Crippen LogP contribution in [0.25, 0.3) is 0 Å². The number of halogens is 1. The molecule has 8 heteroatoms. The van der Waals surface area contributed by atoms with Crippen molar-refractivity contribution < 1.29 is 13.2 Å². The van der Waals surface area contributed by atoms with Gasteiger partial charge in [-0.15, -0.1) is 0 Å². The van der Waals surface area contributed by atoms with Gasteiger partial charge in [-0.1, -0.05) is 12.1 Å². The van der Waals surface area contributed by atoms with Gasteiger partial charge in [-0.05, 0) is 84.4 Å². The Morgan fingerprint density at radius 1 is 1.09 bits per heavy atom. The van der Waals surface area contributed by atoms with Crippen molar-refractivity contribution in [1.29, 1.82) is 0 Å². The quantitative estimate of drug-likeness (QED) is 0.615. The highest BCUT2D eigenvalue weighted by Gasteiger charge is 2.39. The molecule has 1 saturated carbocycles. The first-order valence-corrected chi connectivity index (χ1v) is 13.5. The maximum absolute atomic E-state index is 13.6. The van der Waals surface area contributed by atoms with E-state index in [1.165, 1.54) is 5.56 Å². The topological polar surface area (TPSA) is 60.9 Å². The SMILES string of the molecule is Cc1cccc(N2CCN(S(=O)(=O)c3cc4c(cc3Br)CCN4C(=O)C3CC3)CC2C)c1. The molecular formula is C24H28BrN3O3S. The number of piperazine rings is 1. The van der Waals surface area contributed by atoms with Crippen molar-refractivity contribution in [3.8, 4) is 0 Å². The maximum atomic E-state index is 13.6. The summed E-state index contributed by atoms with van der Waals surface area (Å²) in [7, 11) is -3.69. The van der Waals surface area contributed by atoms with Gasteiger partial charge < -0.3 is 9.80 Å². The van der Waals surface area contributed by atoms with Gasteiger partial charge in [0, 0.05) is 54.0 Å². The minimum absolute atomic E-state index is 0.0569. The first-order valence-electron chi connectivity index (χ1n) is 11.2. The number of benzene rings is 2. The van der Waals surface area contributed by atoms with E-state index in [1.54, 1.807) is 15.3 Å². The molecule has 0 radical (unpaired) electrons.